The standard InChI is InChI=1S/C37H35ClN4O4S/c1-2-3-13-26-41(37(44)42(30-14-5-4-6-15-30)35-20-11-12-25-39-35)27-28-21-23-29(24-22-28)31-16-8-10-19-34(31)47(45,46)40-36(43)32-17-7-9-18-33(32)38/h4-12,14-25H,2-3,13,26-27H2,1H3,(H,40,43). The molecule has 1 N–H and O–H groups in total. The van der Waals surface area contributed by atoms with Crippen LogP contribution in [0, 0.1) is 0 Å². The summed E-state index contributed by atoms with van der Waals surface area (Å²) in [6.07, 6.45) is 4.51. The number of para-hydroxylation sites is 1. The summed E-state index contributed by atoms with van der Waals surface area (Å²) in [5, 5.41) is 0.151. The first-order valence-corrected chi connectivity index (χ1v) is 17.2. The molecule has 240 valence electrons. The van der Waals surface area contributed by atoms with Crippen molar-refractivity contribution in [2.45, 2.75) is 37.6 Å². The molecule has 0 atom stereocenters. The molecule has 5 rings (SSSR count). The van der Waals surface area contributed by atoms with Gasteiger partial charge in [-0.2, -0.15) is 0 Å². The van der Waals surface area contributed by atoms with Crippen molar-refractivity contribution < 1.29 is 18.0 Å². The third-order valence-electron chi connectivity index (χ3n) is 7.55. The number of carbonyl (C=O) groups excluding carboxylic acids is 2. The molecule has 10 heteroatoms. The second-order valence-corrected chi connectivity index (χ2v) is 12.9. The monoisotopic (exact) mass is 666 g/mol. The molecule has 0 saturated carbocycles. The summed E-state index contributed by atoms with van der Waals surface area (Å²) in [7, 11) is -4.24. The molecule has 0 aliphatic rings. The maximum Gasteiger partial charge on any atom is 0.330 e. The first-order chi connectivity index (χ1) is 22.8. The van der Waals surface area contributed by atoms with Gasteiger partial charge in [0.25, 0.3) is 15.9 Å². The highest BCUT2D eigenvalue weighted by atomic mass is 35.5. The molecule has 0 aliphatic carbocycles. The number of amides is 3. The number of benzene rings is 4. The number of aromatic nitrogens is 1. The minimum absolute atomic E-state index is 0.0432. The fraction of sp³-hybridized carbons (Fsp3) is 0.162. The number of pyridine rings is 1. The first-order valence-electron chi connectivity index (χ1n) is 15.3. The minimum Gasteiger partial charge on any atom is -0.320 e. The van der Waals surface area contributed by atoms with Crippen LogP contribution in [0.4, 0.5) is 16.3 Å². The molecule has 0 fully saturated rings. The Morgan fingerprint density at radius 1 is 0.787 bits per heavy atom. The van der Waals surface area contributed by atoms with E-state index in [1.807, 2.05) is 77.7 Å². The largest absolute Gasteiger partial charge is 0.330 e. The molecule has 8 nitrogen and oxygen atoms in total. The highest BCUT2D eigenvalue weighted by Crippen LogP contribution is 2.29. The van der Waals surface area contributed by atoms with Gasteiger partial charge in [0, 0.05) is 24.8 Å². The van der Waals surface area contributed by atoms with Crippen LogP contribution in [-0.4, -0.2) is 36.8 Å². The zero-order valence-corrected chi connectivity index (χ0v) is 27.5. The van der Waals surface area contributed by atoms with E-state index in [0.29, 0.717) is 35.7 Å². The van der Waals surface area contributed by atoms with E-state index >= 15 is 0 Å². The van der Waals surface area contributed by atoms with E-state index in [2.05, 4.69) is 16.6 Å². The van der Waals surface area contributed by atoms with Crippen LogP contribution in [-0.2, 0) is 16.6 Å². The Kier molecular flexibility index (Phi) is 11.0. The second-order valence-electron chi connectivity index (χ2n) is 10.9. The normalized spacial score (nSPS) is 11.1. The number of anilines is 2. The lowest BCUT2D eigenvalue weighted by Crippen LogP contribution is -2.41. The minimum atomic E-state index is -4.24. The predicted octanol–water partition coefficient (Wildman–Crippen LogP) is 8.47. The molecule has 0 radical (unpaired) electrons. The fourth-order valence-corrected chi connectivity index (χ4v) is 6.59. The smallest absolute Gasteiger partial charge is 0.320 e. The molecule has 0 aliphatic heterocycles. The lowest BCUT2D eigenvalue weighted by molar-refractivity contribution is 0.0981. The summed E-state index contributed by atoms with van der Waals surface area (Å²) < 4.78 is 29.0. The molecule has 1 aromatic heterocycles. The van der Waals surface area contributed by atoms with E-state index in [4.69, 9.17) is 11.6 Å². The van der Waals surface area contributed by atoms with E-state index in [1.165, 1.54) is 18.2 Å². The maximum absolute atomic E-state index is 14.2. The first kappa shape index (κ1) is 33.4. The number of rotatable bonds is 12. The summed E-state index contributed by atoms with van der Waals surface area (Å²) in [6.45, 7) is 3.01. The third-order valence-corrected chi connectivity index (χ3v) is 9.27. The molecular weight excluding hydrogens is 632 g/mol. The van der Waals surface area contributed by atoms with E-state index in [9.17, 15) is 18.0 Å². The van der Waals surface area contributed by atoms with Gasteiger partial charge < -0.3 is 4.90 Å². The Morgan fingerprint density at radius 2 is 1.47 bits per heavy atom. The number of nitrogens with one attached hydrogen (secondary N) is 1. The van der Waals surface area contributed by atoms with Crippen molar-refractivity contribution in [2.75, 3.05) is 11.4 Å². The van der Waals surface area contributed by atoms with Gasteiger partial charge >= 0.3 is 6.03 Å². The Hall–Kier alpha value is -4.99. The van der Waals surface area contributed by atoms with Gasteiger partial charge in [0.15, 0.2) is 0 Å². The maximum atomic E-state index is 14.2. The van der Waals surface area contributed by atoms with Crippen LogP contribution >= 0.6 is 11.6 Å². The van der Waals surface area contributed by atoms with Crippen LogP contribution in [0.5, 0.6) is 0 Å². The number of sulfonamides is 1. The zero-order chi connectivity index (χ0) is 33.2. The quantitative estimate of drug-likeness (QED) is 0.135. The number of unbranched alkanes of at least 4 members (excludes halogenated alkanes) is 2. The lowest BCUT2D eigenvalue weighted by atomic mass is 10.0. The Balaban J connectivity index is 1.40. The van der Waals surface area contributed by atoms with E-state index in [-0.39, 0.29) is 21.5 Å². The summed E-state index contributed by atoms with van der Waals surface area (Å²) in [5.74, 6) is -0.289. The Bertz CT molecular complexity index is 1880. The van der Waals surface area contributed by atoms with Crippen molar-refractivity contribution in [1.29, 1.82) is 0 Å². The summed E-state index contributed by atoms with van der Waals surface area (Å²) in [4.78, 5) is 34.9. The summed E-state index contributed by atoms with van der Waals surface area (Å²) in [5.41, 5.74) is 2.72. The average molecular weight is 667 g/mol. The summed E-state index contributed by atoms with van der Waals surface area (Å²) in [6, 6.07) is 34.9. The molecule has 0 bridgehead atoms. The fourth-order valence-electron chi connectivity index (χ4n) is 5.17. The number of carbonyl (C=O) groups is 2. The number of hydrogen-bond acceptors (Lipinski definition) is 5. The number of nitrogens with zero attached hydrogens (tertiary/aromatic N) is 3. The zero-order valence-electron chi connectivity index (χ0n) is 25.9. The molecule has 5 aromatic rings. The highest BCUT2D eigenvalue weighted by Gasteiger charge is 2.26. The SMILES string of the molecule is CCCCCN(Cc1ccc(-c2ccccc2S(=O)(=O)NC(=O)c2ccccc2Cl)cc1)C(=O)N(c1ccccc1)c1ccccn1. The number of hydrogen-bond donors (Lipinski definition) is 1. The van der Waals surface area contributed by atoms with Crippen molar-refractivity contribution in [2.24, 2.45) is 0 Å². The molecule has 1 heterocycles. The van der Waals surface area contributed by atoms with E-state index in [1.54, 1.807) is 41.4 Å². The van der Waals surface area contributed by atoms with Gasteiger partial charge in [-0.25, -0.2) is 27.8 Å². The van der Waals surface area contributed by atoms with E-state index in [0.717, 1.165) is 24.8 Å². The van der Waals surface area contributed by atoms with Crippen LogP contribution in [0.25, 0.3) is 11.1 Å². The van der Waals surface area contributed by atoms with Crippen LogP contribution in [0.3, 0.4) is 0 Å². The predicted molar refractivity (Wildman–Crippen MR) is 186 cm³/mol. The molecule has 3 amide bonds. The van der Waals surface area contributed by atoms with Crippen LogP contribution in [0.2, 0.25) is 5.02 Å². The Labute approximate surface area is 280 Å². The molecule has 0 unspecified atom stereocenters. The van der Waals surface area contributed by atoms with Crippen molar-refractivity contribution in [3.8, 4) is 11.1 Å². The van der Waals surface area contributed by atoms with Crippen molar-refractivity contribution in [3.63, 3.8) is 0 Å². The number of urea groups is 1. The molecule has 4 aromatic carbocycles. The van der Waals surface area contributed by atoms with Gasteiger partial charge in [0.05, 0.1) is 21.2 Å². The van der Waals surface area contributed by atoms with Gasteiger partial charge in [0.2, 0.25) is 0 Å². The molecule has 47 heavy (non-hydrogen) atoms. The third kappa shape index (κ3) is 8.24. The van der Waals surface area contributed by atoms with Crippen molar-refractivity contribution in [3.05, 3.63) is 144 Å². The van der Waals surface area contributed by atoms with E-state index < -0.39 is 15.9 Å². The van der Waals surface area contributed by atoms with Gasteiger partial charge in [-0.15, -0.1) is 0 Å². The summed E-state index contributed by atoms with van der Waals surface area (Å²) >= 11 is 6.12. The molecular formula is C37H35ClN4O4S. The topological polar surface area (TPSA) is 99.7 Å². The van der Waals surface area contributed by atoms with Crippen molar-refractivity contribution in [1.82, 2.24) is 14.6 Å². The average Bonchev–Trinajstić information content (AvgIpc) is 3.09. The van der Waals surface area contributed by atoms with Crippen LogP contribution < -0.4 is 9.62 Å². The van der Waals surface area contributed by atoms with Gasteiger partial charge in [-0.05, 0) is 60.0 Å². The van der Waals surface area contributed by atoms with Crippen molar-refractivity contribution >= 4 is 45.1 Å². The lowest BCUT2D eigenvalue weighted by Gasteiger charge is -2.30. The van der Waals surface area contributed by atoms with Gasteiger partial charge in [-0.1, -0.05) is 110 Å². The highest BCUT2D eigenvalue weighted by molar-refractivity contribution is 7.90. The van der Waals surface area contributed by atoms with Gasteiger partial charge in [0.1, 0.15) is 5.82 Å². The Morgan fingerprint density at radius 3 is 2.17 bits per heavy atom. The molecule has 0 saturated heterocycles. The van der Waals surface area contributed by atoms with Crippen LogP contribution in [0.15, 0.2) is 132 Å². The second kappa shape index (κ2) is 15.5. The molecule has 0 spiro atoms. The van der Waals surface area contributed by atoms with Crippen LogP contribution in [0.1, 0.15) is 42.1 Å². The van der Waals surface area contributed by atoms with Gasteiger partial charge in [-0.3, -0.25) is 4.79 Å². The number of halogens is 1.